The SMILES string of the molecule is Cc1cnc(C(=O)N2CCSCC2)cn1. The maximum Gasteiger partial charge on any atom is 0.274 e. The molecule has 0 atom stereocenters. The van der Waals surface area contributed by atoms with E-state index in [4.69, 9.17) is 0 Å². The Hall–Kier alpha value is -1.10. The minimum atomic E-state index is 0.00259. The van der Waals surface area contributed by atoms with Gasteiger partial charge in [-0.25, -0.2) is 4.98 Å². The average Bonchev–Trinajstić information content (AvgIpc) is 2.30. The van der Waals surface area contributed by atoms with Gasteiger partial charge >= 0.3 is 0 Å². The van der Waals surface area contributed by atoms with Crippen molar-refractivity contribution in [2.45, 2.75) is 6.92 Å². The van der Waals surface area contributed by atoms with Gasteiger partial charge in [0.2, 0.25) is 0 Å². The van der Waals surface area contributed by atoms with E-state index in [0.717, 1.165) is 30.3 Å². The van der Waals surface area contributed by atoms with Crippen LogP contribution in [0.5, 0.6) is 0 Å². The van der Waals surface area contributed by atoms with Crippen LogP contribution in [0.1, 0.15) is 16.2 Å². The molecular formula is C10H13N3OS. The first kappa shape index (κ1) is 10.4. The Morgan fingerprint density at radius 3 is 2.67 bits per heavy atom. The zero-order valence-electron chi connectivity index (χ0n) is 8.64. The quantitative estimate of drug-likeness (QED) is 0.712. The van der Waals surface area contributed by atoms with E-state index in [0.29, 0.717) is 5.69 Å². The highest BCUT2D eigenvalue weighted by Gasteiger charge is 2.19. The van der Waals surface area contributed by atoms with Gasteiger partial charge in [0.05, 0.1) is 11.9 Å². The Morgan fingerprint density at radius 1 is 1.33 bits per heavy atom. The Bertz CT molecular complexity index is 346. The van der Waals surface area contributed by atoms with Gasteiger partial charge in [-0.15, -0.1) is 0 Å². The Morgan fingerprint density at radius 2 is 2.07 bits per heavy atom. The van der Waals surface area contributed by atoms with Crippen LogP contribution in [-0.4, -0.2) is 45.4 Å². The first-order chi connectivity index (χ1) is 7.27. The summed E-state index contributed by atoms with van der Waals surface area (Å²) in [6, 6.07) is 0. The van der Waals surface area contributed by atoms with E-state index < -0.39 is 0 Å². The summed E-state index contributed by atoms with van der Waals surface area (Å²) in [5.74, 6) is 2.04. The highest BCUT2D eigenvalue weighted by Crippen LogP contribution is 2.11. The summed E-state index contributed by atoms with van der Waals surface area (Å²) in [5, 5.41) is 0. The van der Waals surface area contributed by atoms with Gasteiger partial charge in [-0.05, 0) is 6.92 Å². The van der Waals surface area contributed by atoms with E-state index in [9.17, 15) is 4.79 Å². The minimum absolute atomic E-state index is 0.00259. The number of carbonyl (C=O) groups is 1. The van der Waals surface area contributed by atoms with Crippen LogP contribution in [0.15, 0.2) is 12.4 Å². The molecule has 0 spiro atoms. The molecule has 2 heterocycles. The number of aromatic nitrogens is 2. The Kier molecular flexibility index (Phi) is 3.20. The van der Waals surface area contributed by atoms with Crippen LogP contribution in [0.2, 0.25) is 0 Å². The molecule has 0 unspecified atom stereocenters. The van der Waals surface area contributed by atoms with Crippen LogP contribution < -0.4 is 0 Å². The number of rotatable bonds is 1. The number of thioether (sulfide) groups is 1. The normalized spacial score (nSPS) is 16.5. The van der Waals surface area contributed by atoms with E-state index in [1.165, 1.54) is 0 Å². The molecule has 5 heteroatoms. The molecule has 1 aromatic rings. The number of nitrogens with zero attached hydrogens (tertiary/aromatic N) is 3. The van der Waals surface area contributed by atoms with Crippen molar-refractivity contribution in [3.05, 3.63) is 23.8 Å². The van der Waals surface area contributed by atoms with Gasteiger partial charge in [0.25, 0.3) is 5.91 Å². The third-order valence-electron chi connectivity index (χ3n) is 2.30. The number of hydrogen-bond acceptors (Lipinski definition) is 4. The molecule has 4 nitrogen and oxygen atoms in total. The third kappa shape index (κ3) is 2.47. The topological polar surface area (TPSA) is 46.1 Å². The summed E-state index contributed by atoms with van der Waals surface area (Å²) >= 11 is 1.88. The van der Waals surface area contributed by atoms with Gasteiger partial charge in [-0.3, -0.25) is 9.78 Å². The predicted octanol–water partition coefficient (Wildman–Crippen LogP) is 0.974. The molecule has 0 aromatic carbocycles. The van der Waals surface area contributed by atoms with Crippen molar-refractivity contribution >= 4 is 17.7 Å². The molecular weight excluding hydrogens is 210 g/mol. The maximum atomic E-state index is 11.9. The van der Waals surface area contributed by atoms with E-state index in [1.807, 2.05) is 23.6 Å². The zero-order valence-corrected chi connectivity index (χ0v) is 9.46. The fourth-order valence-electron chi connectivity index (χ4n) is 1.43. The lowest BCUT2D eigenvalue weighted by molar-refractivity contribution is 0.0766. The van der Waals surface area contributed by atoms with Crippen LogP contribution >= 0.6 is 11.8 Å². The number of hydrogen-bond donors (Lipinski definition) is 0. The fourth-order valence-corrected chi connectivity index (χ4v) is 2.33. The fraction of sp³-hybridized carbons (Fsp3) is 0.500. The van der Waals surface area contributed by atoms with Crippen LogP contribution in [0, 0.1) is 6.92 Å². The van der Waals surface area contributed by atoms with Crippen molar-refractivity contribution in [3.63, 3.8) is 0 Å². The lowest BCUT2D eigenvalue weighted by atomic mass is 10.3. The summed E-state index contributed by atoms with van der Waals surface area (Å²) in [5.41, 5.74) is 1.29. The standard InChI is InChI=1S/C10H13N3OS/c1-8-6-12-9(7-11-8)10(14)13-2-4-15-5-3-13/h6-7H,2-5H2,1H3. The summed E-state index contributed by atoms with van der Waals surface area (Å²) in [7, 11) is 0. The molecule has 0 radical (unpaired) electrons. The third-order valence-corrected chi connectivity index (χ3v) is 3.24. The first-order valence-corrected chi connectivity index (χ1v) is 6.08. The Labute approximate surface area is 93.1 Å². The molecule has 1 amide bonds. The maximum absolute atomic E-state index is 11.9. The van der Waals surface area contributed by atoms with Crippen molar-refractivity contribution in [2.75, 3.05) is 24.6 Å². The smallest absolute Gasteiger partial charge is 0.274 e. The van der Waals surface area contributed by atoms with E-state index >= 15 is 0 Å². The molecule has 0 saturated carbocycles. The summed E-state index contributed by atoms with van der Waals surface area (Å²) in [6.45, 7) is 3.50. The predicted molar refractivity (Wildman–Crippen MR) is 60.0 cm³/mol. The molecule has 0 N–H and O–H groups in total. The molecule has 1 fully saturated rings. The molecule has 0 aliphatic carbocycles. The molecule has 0 bridgehead atoms. The highest BCUT2D eigenvalue weighted by molar-refractivity contribution is 7.99. The summed E-state index contributed by atoms with van der Waals surface area (Å²) in [6.07, 6.45) is 3.19. The molecule has 80 valence electrons. The molecule has 1 aliphatic heterocycles. The van der Waals surface area contributed by atoms with E-state index in [2.05, 4.69) is 9.97 Å². The number of aryl methyl sites for hydroxylation is 1. The van der Waals surface area contributed by atoms with Gasteiger partial charge in [-0.1, -0.05) is 0 Å². The van der Waals surface area contributed by atoms with Gasteiger partial charge in [0.1, 0.15) is 5.69 Å². The van der Waals surface area contributed by atoms with Crippen molar-refractivity contribution in [1.29, 1.82) is 0 Å². The van der Waals surface area contributed by atoms with Crippen molar-refractivity contribution < 1.29 is 4.79 Å². The number of carbonyl (C=O) groups excluding carboxylic acids is 1. The van der Waals surface area contributed by atoms with Crippen LogP contribution in [-0.2, 0) is 0 Å². The monoisotopic (exact) mass is 223 g/mol. The van der Waals surface area contributed by atoms with Gasteiger partial charge in [0, 0.05) is 30.8 Å². The molecule has 2 rings (SSSR count). The lowest BCUT2D eigenvalue weighted by Crippen LogP contribution is -2.38. The zero-order chi connectivity index (χ0) is 10.7. The van der Waals surface area contributed by atoms with Crippen LogP contribution in [0.3, 0.4) is 0 Å². The summed E-state index contributed by atoms with van der Waals surface area (Å²) in [4.78, 5) is 21.9. The molecule has 1 aromatic heterocycles. The van der Waals surface area contributed by atoms with Crippen molar-refractivity contribution in [2.24, 2.45) is 0 Å². The second-order valence-electron chi connectivity index (χ2n) is 3.45. The second-order valence-corrected chi connectivity index (χ2v) is 4.67. The minimum Gasteiger partial charge on any atom is -0.336 e. The summed E-state index contributed by atoms with van der Waals surface area (Å²) < 4.78 is 0. The van der Waals surface area contributed by atoms with Crippen LogP contribution in [0.25, 0.3) is 0 Å². The van der Waals surface area contributed by atoms with Crippen LogP contribution in [0.4, 0.5) is 0 Å². The first-order valence-electron chi connectivity index (χ1n) is 4.93. The number of amides is 1. The largest absolute Gasteiger partial charge is 0.336 e. The van der Waals surface area contributed by atoms with Gasteiger partial charge < -0.3 is 4.90 Å². The molecule has 1 aliphatic rings. The molecule has 1 saturated heterocycles. The van der Waals surface area contributed by atoms with Gasteiger partial charge in [-0.2, -0.15) is 11.8 Å². The molecule has 15 heavy (non-hydrogen) atoms. The van der Waals surface area contributed by atoms with Gasteiger partial charge in [0.15, 0.2) is 0 Å². The van der Waals surface area contributed by atoms with E-state index in [1.54, 1.807) is 12.4 Å². The van der Waals surface area contributed by atoms with E-state index in [-0.39, 0.29) is 5.91 Å². The second kappa shape index (κ2) is 4.61. The van der Waals surface area contributed by atoms with Crippen molar-refractivity contribution in [3.8, 4) is 0 Å². The van der Waals surface area contributed by atoms with Crippen molar-refractivity contribution in [1.82, 2.24) is 14.9 Å². The lowest BCUT2D eigenvalue weighted by Gasteiger charge is -2.25. The Balaban J connectivity index is 2.09. The highest BCUT2D eigenvalue weighted by atomic mass is 32.2. The average molecular weight is 223 g/mol.